The summed E-state index contributed by atoms with van der Waals surface area (Å²) in [6.07, 6.45) is 4.42. The fourth-order valence-corrected chi connectivity index (χ4v) is 1.45. The van der Waals surface area contributed by atoms with E-state index in [1.165, 1.54) is 0 Å². The SMILES string of the molecule is CCCCC(C)(CCC)C(=O)[O-].[Ce+3]. The van der Waals surface area contributed by atoms with E-state index in [0.29, 0.717) is 0 Å². The third-order valence-corrected chi connectivity index (χ3v) is 2.38. The number of carbonyl (C=O) groups is 1. The summed E-state index contributed by atoms with van der Waals surface area (Å²) < 4.78 is 0. The van der Waals surface area contributed by atoms with Crippen LogP contribution in [0.1, 0.15) is 52.9 Å². The number of carbonyl (C=O) groups excluding carboxylic acids is 1. The van der Waals surface area contributed by atoms with Gasteiger partial charge in [-0.1, -0.05) is 40.0 Å². The summed E-state index contributed by atoms with van der Waals surface area (Å²) in [4.78, 5) is 10.8. The standard InChI is InChI=1S/C10H20O2.Ce/c1-4-6-8-10(3,7-5-2)9(11)12;/h4-8H2,1-3H3,(H,11,12);/q;+3/p-1. The van der Waals surface area contributed by atoms with E-state index in [1.54, 1.807) is 6.92 Å². The van der Waals surface area contributed by atoms with E-state index in [0.717, 1.165) is 32.1 Å². The number of hydrogen-bond acceptors (Lipinski definition) is 2. The van der Waals surface area contributed by atoms with Crippen LogP contribution < -0.4 is 5.11 Å². The van der Waals surface area contributed by atoms with Gasteiger partial charge in [-0.05, 0) is 12.8 Å². The van der Waals surface area contributed by atoms with E-state index in [1.807, 2.05) is 6.92 Å². The maximum absolute atomic E-state index is 10.8. The molecule has 0 N–H and O–H groups in total. The van der Waals surface area contributed by atoms with Gasteiger partial charge >= 0.3 is 41.7 Å². The molecule has 0 aliphatic heterocycles. The summed E-state index contributed by atoms with van der Waals surface area (Å²) in [7, 11) is 0. The second-order valence-corrected chi connectivity index (χ2v) is 3.70. The maximum atomic E-state index is 10.8. The van der Waals surface area contributed by atoms with Crippen LogP contribution in [0.5, 0.6) is 0 Å². The molecule has 0 aliphatic rings. The number of carboxylic acid groups (broad SMARTS) is 1. The fraction of sp³-hybridized carbons (Fsp3) is 0.900. The average molecular weight is 311 g/mol. The number of rotatable bonds is 6. The summed E-state index contributed by atoms with van der Waals surface area (Å²) in [6.45, 7) is 5.87. The summed E-state index contributed by atoms with van der Waals surface area (Å²) >= 11 is 0. The molecule has 1 atom stereocenters. The molecule has 0 amide bonds. The van der Waals surface area contributed by atoms with Crippen molar-refractivity contribution in [3.05, 3.63) is 0 Å². The molecule has 0 aromatic rings. The summed E-state index contributed by atoms with van der Waals surface area (Å²) in [5, 5.41) is 10.8. The van der Waals surface area contributed by atoms with Crippen molar-refractivity contribution < 1.29 is 51.6 Å². The Labute approximate surface area is 115 Å². The molecule has 0 saturated carbocycles. The molecule has 0 aromatic heterocycles. The van der Waals surface area contributed by atoms with Crippen molar-refractivity contribution in [2.75, 3.05) is 0 Å². The largest absolute Gasteiger partial charge is 3.00 e. The summed E-state index contributed by atoms with van der Waals surface area (Å²) in [5.41, 5.74) is -0.592. The van der Waals surface area contributed by atoms with Gasteiger partial charge in [0.1, 0.15) is 0 Å². The van der Waals surface area contributed by atoms with Gasteiger partial charge in [0, 0.05) is 11.4 Å². The molecule has 13 heavy (non-hydrogen) atoms. The van der Waals surface area contributed by atoms with Crippen LogP contribution in [0.2, 0.25) is 0 Å². The molecule has 0 spiro atoms. The molecule has 0 aromatic carbocycles. The molecule has 2 nitrogen and oxygen atoms in total. The van der Waals surface area contributed by atoms with Gasteiger partial charge in [0.05, 0.1) is 0 Å². The van der Waals surface area contributed by atoms with Gasteiger partial charge in [-0.2, -0.15) is 0 Å². The van der Waals surface area contributed by atoms with E-state index in [2.05, 4.69) is 6.92 Å². The predicted molar refractivity (Wildman–Crippen MR) is 47.5 cm³/mol. The summed E-state index contributed by atoms with van der Waals surface area (Å²) in [5.74, 6) is -0.891. The first-order chi connectivity index (χ1) is 5.56. The minimum absolute atomic E-state index is 0. The van der Waals surface area contributed by atoms with Crippen LogP contribution in [0.15, 0.2) is 0 Å². The topological polar surface area (TPSA) is 40.1 Å². The van der Waals surface area contributed by atoms with Crippen molar-refractivity contribution in [1.82, 2.24) is 0 Å². The van der Waals surface area contributed by atoms with Crippen molar-refractivity contribution >= 4 is 5.97 Å². The minimum atomic E-state index is -0.891. The van der Waals surface area contributed by atoms with Crippen molar-refractivity contribution in [2.24, 2.45) is 5.41 Å². The van der Waals surface area contributed by atoms with Gasteiger partial charge in [0.25, 0.3) is 0 Å². The smallest absolute Gasteiger partial charge is 0.550 e. The van der Waals surface area contributed by atoms with Crippen LogP contribution in [0.25, 0.3) is 0 Å². The monoisotopic (exact) mass is 311 g/mol. The number of carboxylic acids is 1. The van der Waals surface area contributed by atoms with Crippen LogP contribution >= 0.6 is 0 Å². The van der Waals surface area contributed by atoms with Crippen molar-refractivity contribution in [1.29, 1.82) is 0 Å². The Morgan fingerprint density at radius 3 is 2.08 bits per heavy atom. The molecule has 0 fully saturated rings. The first-order valence-electron chi connectivity index (χ1n) is 4.78. The van der Waals surface area contributed by atoms with Gasteiger partial charge in [0.15, 0.2) is 0 Å². The third-order valence-electron chi connectivity index (χ3n) is 2.38. The molecule has 0 rings (SSSR count). The quantitative estimate of drug-likeness (QED) is 0.749. The van der Waals surface area contributed by atoms with E-state index < -0.39 is 11.4 Å². The van der Waals surface area contributed by atoms with Crippen molar-refractivity contribution in [3.8, 4) is 0 Å². The van der Waals surface area contributed by atoms with Crippen LogP contribution in [0, 0.1) is 47.2 Å². The second-order valence-electron chi connectivity index (χ2n) is 3.70. The maximum Gasteiger partial charge on any atom is 3.00 e. The van der Waals surface area contributed by atoms with Crippen molar-refractivity contribution in [2.45, 2.75) is 52.9 Å². The molecule has 0 aliphatic carbocycles. The Morgan fingerprint density at radius 2 is 1.77 bits per heavy atom. The molecule has 3 heteroatoms. The van der Waals surface area contributed by atoms with Gasteiger partial charge in [-0.3, -0.25) is 0 Å². The van der Waals surface area contributed by atoms with Gasteiger partial charge < -0.3 is 9.90 Å². The Kier molecular flexibility index (Phi) is 10.2. The Morgan fingerprint density at radius 1 is 1.23 bits per heavy atom. The first kappa shape index (κ1) is 16.3. The normalized spacial score (nSPS) is 14.4. The van der Waals surface area contributed by atoms with Crippen molar-refractivity contribution in [3.63, 3.8) is 0 Å². The van der Waals surface area contributed by atoms with E-state index in [-0.39, 0.29) is 41.7 Å². The zero-order chi connectivity index (χ0) is 9.61. The average Bonchev–Trinajstić information content (AvgIpc) is 2.01. The number of hydrogen-bond donors (Lipinski definition) is 0. The van der Waals surface area contributed by atoms with Crippen LogP contribution in [-0.4, -0.2) is 5.97 Å². The zero-order valence-corrected chi connectivity index (χ0v) is 12.0. The molecule has 0 saturated heterocycles. The predicted octanol–water partition coefficient (Wildman–Crippen LogP) is 1.73. The van der Waals surface area contributed by atoms with E-state index in [9.17, 15) is 9.90 Å². The van der Waals surface area contributed by atoms with E-state index >= 15 is 0 Å². The Balaban J connectivity index is 0. The molecule has 1 radical (unpaired) electrons. The fourth-order valence-electron chi connectivity index (χ4n) is 1.45. The summed E-state index contributed by atoms with van der Waals surface area (Å²) in [6, 6.07) is 0. The van der Waals surface area contributed by atoms with E-state index in [4.69, 9.17) is 0 Å². The van der Waals surface area contributed by atoms with Gasteiger partial charge in [-0.25, -0.2) is 0 Å². The molecule has 0 heterocycles. The second kappa shape index (κ2) is 8.18. The molecule has 1 unspecified atom stereocenters. The first-order valence-corrected chi connectivity index (χ1v) is 4.78. The molecule has 0 bridgehead atoms. The zero-order valence-electron chi connectivity index (χ0n) is 8.85. The number of aliphatic carboxylic acids is 1. The van der Waals surface area contributed by atoms with Crippen LogP contribution in [0.4, 0.5) is 0 Å². The molecular weight excluding hydrogens is 292 g/mol. The van der Waals surface area contributed by atoms with Crippen LogP contribution in [0.3, 0.4) is 0 Å². The van der Waals surface area contributed by atoms with Gasteiger partial charge in [-0.15, -0.1) is 0 Å². The van der Waals surface area contributed by atoms with Crippen LogP contribution in [-0.2, 0) is 4.79 Å². The number of unbranched alkanes of at least 4 members (excludes halogenated alkanes) is 1. The van der Waals surface area contributed by atoms with Gasteiger partial charge in [0.2, 0.25) is 0 Å². The minimum Gasteiger partial charge on any atom is -0.550 e. The Hall–Kier alpha value is 0.847. The molecular formula is C10H19CeO2+2. The third kappa shape index (κ3) is 6.02. The molecule has 73 valence electrons. The Bertz CT molecular complexity index is 148.